The van der Waals surface area contributed by atoms with Gasteiger partial charge in [0, 0.05) is 13.0 Å². The smallest absolute Gasteiger partial charge is 0.200 e. The Kier molecular flexibility index (Phi) is 2.86. The van der Waals surface area contributed by atoms with E-state index in [0.29, 0.717) is 13.0 Å². The van der Waals surface area contributed by atoms with Crippen LogP contribution in [0.15, 0.2) is 24.3 Å². The van der Waals surface area contributed by atoms with E-state index in [1.165, 1.54) is 0 Å². The third-order valence-electron chi connectivity index (χ3n) is 2.03. The number of hydrazine groups is 1. The highest BCUT2D eigenvalue weighted by atomic mass is 32.1. The van der Waals surface area contributed by atoms with E-state index in [0.717, 1.165) is 15.3 Å². The molecule has 15 heavy (non-hydrogen) atoms. The van der Waals surface area contributed by atoms with Gasteiger partial charge in [0.15, 0.2) is 0 Å². The fourth-order valence-corrected chi connectivity index (χ4v) is 2.18. The minimum Gasteiger partial charge on any atom is -0.285 e. The van der Waals surface area contributed by atoms with Crippen LogP contribution in [0.2, 0.25) is 0 Å². The first-order valence-corrected chi connectivity index (χ1v) is 5.44. The predicted molar refractivity (Wildman–Crippen MR) is 64.6 cm³/mol. The summed E-state index contributed by atoms with van der Waals surface area (Å²) < 4.78 is 1.14. The standard InChI is InChI=1S/C11H11N3S/c1-2-3-8-14(12)11-13-9-6-4-5-7-10(9)15-11/h1,4-7H,3,8,12H2. The zero-order chi connectivity index (χ0) is 10.7. The van der Waals surface area contributed by atoms with Crippen molar-refractivity contribution in [2.24, 2.45) is 5.84 Å². The summed E-state index contributed by atoms with van der Waals surface area (Å²) in [5.74, 6) is 8.39. The first-order chi connectivity index (χ1) is 7.31. The largest absolute Gasteiger partial charge is 0.285 e. The average molecular weight is 217 g/mol. The highest BCUT2D eigenvalue weighted by Gasteiger charge is 2.07. The Balaban J connectivity index is 2.25. The van der Waals surface area contributed by atoms with Crippen LogP contribution in [0.25, 0.3) is 10.2 Å². The van der Waals surface area contributed by atoms with E-state index >= 15 is 0 Å². The minimum atomic E-state index is 0.631. The molecule has 0 unspecified atom stereocenters. The number of nitrogens with two attached hydrogens (primary N) is 1. The lowest BCUT2D eigenvalue weighted by atomic mass is 10.3. The summed E-state index contributed by atoms with van der Waals surface area (Å²) in [6.07, 6.45) is 5.81. The molecule has 0 aliphatic carbocycles. The van der Waals surface area contributed by atoms with Crippen LogP contribution >= 0.6 is 11.3 Å². The number of para-hydroxylation sites is 1. The van der Waals surface area contributed by atoms with Crippen molar-refractivity contribution in [2.45, 2.75) is 6.42 Å². The normalized spacial score (nSPS) is 10.1. The maximum absolute atomic E-state index is 5.83. The van der Waals surface area contributed by atoms with Gasteiger partial charge in [-0.05, 0) is 12.1 Å². The van der Waals surface area contributed by atoms with E-state index in [-0.39, 0.29) is 0 Å². The number of hydrogen-bond acceptors (Lipinski definition) is 4. The van der Waals surface area contributed by atoms with Crippen LogP contribution in [-0.2, 0) is 0 Å². The van der Waals surface area contributed by atoms with Gasteiger partial charge in [0.2, 0.25) is 5.13 Å². The molecule has 1 aromatic carbocycles. The molecule has 2 N–H and O–H groups in total. The van der Waals surface area contributed by atoms with E-state index in [4.69, 9.17) is 12.3 Å². The van der Waals surface area contributed by atoms with Crippen LogP contribution in [-0.4, -0.2) is 11.5 Å². The van der Waals surface area contributed by atoms with Gasteiger partial charge in [-0.2, -0.15) is 0 Å². The number of benzene rings is 1. The molecule has 3 nitrogen and oxygen atoms in total. The summed E-state index contributed by atoms with van der Waals surface area (Å²) in [6.45, 7) is 0.635. The van der Waals surface area contributed by atoms with Gasteiger partial charge in [-0.15, -0.1) is 12.3 Å². The maximum atomic E-state index is 5.83. The first kappa shape index (κ1) is 9.97. The molecule has 1 heterocycles. The molecular formula is C11H11N3S. The maximum Gasteiger partial charge on any atom is 0.200 e. The molecule has 0 amide bonds. The van der Waals surface area contributed by atoms with Crippen molar-refractivity contribution in [3.05, 3.63) is 24.3 Å². The summed E-state index contributed by atoms with van der Waals surface area (Å²) in [5.41, 5.74) is 0.980. The van der Waals surface area contributed by atoms with Crippen molar-refractivity contribution in [1.29, 1.82) is 0 Å². The lowest BCUT2D eigenvalue weighted by Crippen LogP contribution is -2.31. The molecule has 0 radical (unpaired) electrons. The average Bonchev–Trinajstić information content (AvgIpc) is 2.69. The molecule has 1 aromatic heterocycles. The molecule has 0 aliphatic heterocycles. The zero-order valence-corrected chi connectivity index (χ0v) is 9.00. The van der Waals surface area contributed by atoms with Crippen molar-refractivity contribution in [1.82, 2.24) is 4.98 Å². The molecule has 0 bridgehead atoms. The van der Waals surface area contributed by atoms with Crippen LogP contribution in [0.3, 0.4) is 0 Å². The Morgan fingerprint density at radius 3 is 3.00 bits per heavy atom. The minimum absolute atomic E-state index is 0.631. The van der Waals surface area contributed by atoms with E-state index < -0.39 is 0 Å². The summed E-state index contributed by atoms with van der Waals surface area (Å²) in [4.78, 5) is 4.42. The van der Waals surface area contributed by atoms with Gasteiger partial charge in [-0.3, -0.25) is 5.01 Å². The summed E-state index contributed by atoms with van der Waals surface area (Å²) >= 11 is 1.58. The Bertz CT molecular complexity index is 465. The second kappa shape index (κ2) is 4.30. The number of fused-ring (bicyclic) bond motifs is 1. The van der Waals surface area contributed by atoms with E-state index in [1.54, 1.807) is 16.3 Å². The molecule has 0 atom stereocenters. The van der Waals surface area contributed by atoms with Crippen LogP contribution in [0.5, 0.6) is 0 Å². The number of thiazole rings is 1. The van der Waals surface area contributed by atoms with E-state index in [1.807, 2.05) is 24.3 Å². The highest BCUT2D eigenvalue weighted by molar-refractivity contribution is 7.22. The van der Waals surface area contributed by atoms with Crippen LogP contribution in [0, 0.1) is 12.3 Å². The zero-order valence-electron chi connectivity index (χ0n) is 8.18. The molecule has 76 valence electrons. The van der Waals surface area contributed by atoms with Gasteiger partial charge < -0.3 is 0 Å². The SMILES string of the molecule is C#CCCN(N)c1nc2ccccc2s1. The second-order valence-electron chi connectivity index (χ2n) is 3.11. The lowest BCUT2D eigenvalue weighted by molar-refractivity contribution is 0.847. The molecule has 2 aromatic rings. The van der Waals surface area contributed by atoms with E-state index in [9.17, 15) is 0 Å². The molecule has 2 rings (SSSR count). The molecule has 0 fully saturated rings. The monoisotopic (exact) mass is 217 g/mol. The summed E-state index contributed by atoms with van der Waals surface area (Å²) in [7, 11) is 0. The highest BCUT2D eigenvalue weighted by Crippen LogP contribution is 2.26. The van der Waals surface area contributed by atoms with Crippen LogP contribution < -0.4 is 10.9 Å². The van der Waals surface area contributed by atoms with Crippen molar-refractivity contribution >= 4 is 26.7 Å². The van der Waals surface area contributed by atoms with Gasteiger partial charge in [0.1, 0.15) is 0 Å². The van der Waals surface area contributed by atoms with Crippen molar-refractivity contribution < 1.29 is 0 Å². The Labute approximate surface area is 92.5 Å². The van der Waals surface area contributed by atoms with Gasteiger partial charge in [-0.1, -0.05) is 23.5 Å². The lowest BCUT2D eigenvalue weighted by Gasteiger charge is -2.12. The number of terminal acetylenes is 1. The third-order valence-corrected chi connectivity index (χ3v) is 3.10. The Hall–Kier alpha value is -1.57. The van der Waals surface area contributed by atoms with Gasteiger partial charge >= 0.3 is 0 Å². The topological polar surface area (TPSA) is 42.1 Å². The summed E-state index contributed by atoms with van der Waals surface area (Å²) in [6, 6.07) is 7.97. The number of aromatic nitrogens is 1. The molecule has 0 saturated heterocycles. The second-order valence-corrected chi connectivity index (χ2v) is 4.12. The number of anilines is 1. The fourth-order valence-electron chi connectivity index (χ4n) is 1.26. The Morgan fingerprint density at radius 2 is 2.27 bits per heavy atom. The third kappa shape index (κ3) is 2.09. The van der Waals surface area contributed by atoms with Gasteiger partial charge in [0.05, 0.1) is 10.2 Å². The van der Waals surface area contributed by atoms with Crippen molar-refractivity contribution in [3.8, 4) is 12.3 Å². The first-order valence-electron chi connectivity index (χ1n) is 4.62. The quantitative estimate of drug-likeness (QED) is 0.486. The molecular weight excluding hydrogens is 206 g/mol. The van der Waals surface area contributed by atoms with Gasteiger partial charge in [0.25, 0.3) is 0 Å². The number of rotatable bonds is 3. The molecule has 4 heteroatoms. The van der Waals surface area contributed by atoms with Crippen LogP contribution in [0.1, 0.15) is 6.42 Å². The fraction of sp³-hybridized carbons (Fsp3) is 0.182. The number of nitrogens with zero attached hydrogens (tertiary/aromatic N) is 2. The van der Waals surface area contributed by atoms with Gasteiger partial charge in [-0.25, -0.2) is 10.8 Å². The molecule has 0 saturated carbocycles. The number of hydrogen-bond donors (Lipinski definition) is 1. The van der Waals surface area contributed by atoms with Crippen molar-refractivity contribution in [3.63, 3.8) is 0 Å². The summed E-state index contributed by atoms with van der Waals surface area (Å²) in [5, 5.41) is 2.41. The van der Waals surface area contributed by atoms with Crippen LogP contribution in [0.4, 0.5) is 5.13 Å². The Morgan fingerprint density at radius 1 is 1.47 bits per heavy atom. The van der Waals surface area contributed by atoms with Crippen molar-refractivity contribution in [2.75, 3.05) is 11.6 Å². The molecule has 0 aliphatic rings. The predicted octanol–water partition coefficient (Wildman–Crippen LogP) is 2.00. The van der Waals surface area contributed by atoms with E-state index in [2.05, 4.69) is 10.9 Å². The molecule has 0 spiro atoms.